The molecule has 0 aliphatic carbocycles. The van der Waals surface area contributed by atoms with E-state index in [2.05, 4.69) is 20.7 Å². The molecule has 2 aromatic rings. The quantitative estimate of drug-likeness (QED) is 0.874. The van der Waals surface area contributed by atoms with Crippen LogP contribution in [0.15, 0.2) is 24.3 Å². The van der Waals surface area contributed by atoms with Crippen molar-refractivity contribution in [2.24, 2.45) is 7.05 Å². The van der Waals surface area contributed by atoms with Crippen molar-refractivity contribution in [2.45, 2.75) is 38.0 Å². The summed E-state index contributed by atoms with van der Waals surface area (Å²) in [6, 6.07) is 6.55. The van der Waals surface area contributed by atoms with Gasteiger partial charge in [0.2, 0.25) is 11.9 Å². The zero-order valence-electron chi connectivity index (χ0n) is 14.6. The van der Waals surface area contributed by atoms with Crippen LogP contribution >= 0.6 is 0 Å². The second-order valence-corrected chi connectivity index (χ2v) is 6.62. The Morgan fingerprint density at radius 1 is 1.40 bits per heavy atom. The molecule has 1 aromatic carbocycles. The molecule has 0 spiro atoms. The molecular formula is C18H24FN5O. The van der Waals surface area contributed by atoms with Crippen molar-refractivity contribution in [1.29, 1.82) is 0 Å². The van der Waals surface area contributed by atoms with Crippen LogP contribution in [0.5, 0.6) is 0 Å². The minimum Gasteiger partial charge on any atom is -0.317 e. The van der Waals surface area contributed by atoms with E-state index in [1.165, 1.54) is 6.07 Å². The largest absolute Gasteiger partial charge is 0.317 e. The molecule has 3 rings (SSSR count). The molecule has 1 unspecified atom stereocenters. The lowest BCUT2D eigenvalue weighted by Crippen LogP contribution is -2.27. The molecule has 1 atom stereocenters. The first kappa shape index (κ1) is 17.5. The number of nitrogens with zero attached hydrogens (tertiary/aromatic N) is 3. The van der Waals surface area contributed by atoms with Crippen molar-refractivity contribution in [2.75, 3.05) is 18.4 Å². The van der Waals surface area contributed by atoms with Crippen molar-refractivity contribution in [3.8, 4) is 0 Å². The third-order valence-corrected chi connectivity index (χ3v) is 4.66. The van der Waals surface area contributed by atoms with Crippen LogP contribution in [0.4, 0.5) is 10.3 Å². The van der Waals surface area contributed by atoms with Crippen molar-refractivity contribution in [1.82, 2.24) is 20.1 Å². The van der Waals surface area contributed by atoms with Crippen LogP contribution in [-0.4, -0.2) is 33.8 Å². The molecule has 1 aliphatic rings. The average Bonchev–Trinajstić information content (AvgIpc) is 2.96. The molecule has 0 bridgehead atoms. The van der Waals surface area contributed by atoms with Gasteiger partial charge in [-0.25, -0.2) is 9.07 Å². The van der Waals surface area contributed by atoms with Crippen LogP contribution in [0.3, 0.4) is 0 Å². The third kappa shape index (κ3) is 4.22. The van der Waals surface area contributed by atoms with Gasteiger partial charge in [0.05, 0.1) is 0 Å². The highest BCUT2D eigenvalue weighted by atomic mass is 19.1. The molecule has 25 heavy (non-hydrogen) atoms. The average molecular weight is 345 g/mol. The molecule has 2 N–H and O–H groups in total. The van der Waals surface area contributed by atoms with Crippen LogP contribution in [0, 0.1) is 5.82 Å². The topological polar surface area (TPSA) is 71.8 Å². The molecule has 0 saturated carbocycles. The highest BCUT2D eigenvalue weighted by Gasteiger charge is 2.22. The summed E-state index contributed by atoms with van der Waals surface area (Å²) < 4.78 is 15.4. The zero-order valence-corrected chi connectivity index (χ0v) is 14.6. The number of carbonyl (C=O) groups is 1. The van der Waals surface area contributed by atoms with Crippen molar-refractivity contribution in [3.63, 3.8) is 0 Å². The van der Waals surface area contributed by atoms with Gasteiger partial charge < -0.3 is 5.32 Å². The lowest BCUT2D eigenvalue weighted by Gasteiger charge is -2.19. The van der Waals surface area contributed by atoms with Crippen molar-refractivity contribution >= 4 is 11.9 Å². The number of piperidine rings is 1. The second-order valence-electron chi connectivity index (χ2n) is 6.62. The molecule has 1 fully saturated rings. The van der Waals surface area contributed by atoms with E-state index in [1.807, 2.05) is 6.92 Å². The number of aryl methyl sites for hydroxylation is 1. The van der Waals surface area contributed by atoms with E-state index >= 15 is 0 Å². The summed E-state index contributed by atoms with van der Waals surface area (Å²) in [5, 5.41) is 10.6. The van der Waals surface area contributed by atoms with E-state index in [4.69, 9.17) is 0 Å². The smallest absolute Gasteiger partial charge is 0.227 e. The van der Waals surface area contributed by atoms with E-state index in [0.29, 0.717) is 17.4 Å². The predicted molar refractivity (Wildman–Crippen MR) is 93.9 cm³/mol. The summed E-state index contributed by atoms with van der Waals surface area (Å²) in [6.45, 7) is 3.77. The van der Waals surface area contributed by atoms with Gasteiger partial charge in [0.15, 0.2) is 5.82 Å². The molecule has 2 heterocycles. The first-order valence-electron chi connectivity index (χ1n) is 8.70. The highest BCUT2D eigenvalue weighted by Crippen LogP contribution is 2.24. The lowest BCUT2D eigenvalue weighted by molar-refractivity contribution is -0.116. The fraction of sp³-hybridized carbons (Fsp3) is 0.500. The van der Waals surface area contributed by atoms with Gasteiger partial charge in [0, 0.05) is 19.4 Å². The number of nitrogens with one attached hydrogen (secondary N) is 2. The Labute approximate surface area is 146 Å². The Hall–Kier alpha value is -2.28. The van der Waals surface area contributed by atoms with E-state index in [-0.39, 0.29) is 24.1 Å². The minimum atomic E-state index is -0.283. The monoisotopic (exact) mass is 345 g/mol. The number of carbonyl (C=O) groups excluding carboxylic acids is 1. The third-order valence-electron chi connectivity index (χ3n) is 4.66. The van der Waals surface area contributed by atoms with E-state index < -0.39 is 0 Å². The number of halogens is 1. The zero-order chi connectivity index (χ0) is 17.8. The van der Waals surface area contributed by atoms with Crippen LogP contribution in [0.2, 0.25) is 0 Å². The Balaban J connectivity index is 1.63. The standard InChI is InChI=1S/C18H24FN5O/c1-12(14-5-3-4-6-15(14)19)11-16(25)21-18-22-17(23-24(18)2)13-7-9-20-10-8-13/h3-6,12-13,20H,7-11H2,1-2H3,(H,21,22,23,25). The van der Waals surface area contributed by atoms with Gasteiger partial charge in [0.25, 0.3) is 0 Å². The summed E-state index contributed by atoms with van der Waals surface area (Å²) >= 11 is 0. The summed E-state index contributed by atoms with van der Waals surface area (Å²) in [5.74, 6) is 0.868. The molecule has 1 saturated heterocycles. The summed E-state index contributed by atoms with van der Waals surface area (Å²) in [4.78, 5) is 16.8. The van der Waals surface area contributed by atoms with Gasteiger partial charge in [-0.3, -0.25) is 10.1 Å². The fourth-order valence-corrected chi connectivity index (χ4v) is 3.20. The summed E-state index contributed by atoms with van der Waals surface area (Å²) in [7, 11) is 1.77. The van der Waals surface area contributed by atoms with Gasteiger partial charge in [-0.2, -0.15) is 10.1 Å². The SMILES string of the molecule is CC(CC(=O)Nc1nc(C2CCNCC2)nn1C)c1ccccc1F. The second kappa shape index (κ2) is 7.74. The number of amides is 1. The number of hydrogen-bond donors (Lipinski definition) is 2. The van der Waals surface area contributed by atoms with Gasteiger partial charge in [-0.1, -0.05) is 25.1 Å². The minimum absolute atomic E-state index is 0.191. The predicted octanol–water partition coefficient (Wildman–Crippen LogP) is 2.55. The van der Waals surface area contributed by atoms with E-state index in [9.17, 15) is 9.18 Å². The molecule has 134 valence electrons. The maximum absolute atomic E-state index is 13.8. The maximum atomic E-state index is 13.8. The van der Waals surface area contributed by atoms with E-state index in [0.717, 1.165) is 31.8 Å². The van der Waals surface area contributed by atoms with Crippen LogP contribution in [-0.2, 0) is 11.8 Å². The van der Waals surface area contributed by atoms with E-state index in [1.54, 1.807) is 29.9 Å². The number of rotatable bonds is 5. The first-order chi connectivity index (χ1) is 12.0. The Kier molecular flexibility index (Phi) is 5.43. The molecule has 7 heteroatoms. The Morgan fingerprint density at radius 2 is 2.12 bits per heavy atom. The molecule has 0 radical (unpaired) electrons. The molecule has 1 amide bonds. The number of hydrogen-bond acceptors (Lipinski definition) is 4. The fourth-order valence-electron chi connectivity index (χ4n) is 3.20. The summed E-state index contributed by atoms with van der Waals surface area (Å²) in [5.41, 5.74) is 0.547. The van der Waals surface area contributed by atoms with Gasteiger partial charge in [-0.15, -0.1) is 0 Å². The normalized spacial score (nSPS) is 16.6. The van der Waals surface area contributed by atoms with Crippen molar-refractivity contribution < 1.29 is 9.18 Å². The van der Waals surface area contributed by atoms with Gasteiger partial charge in [-0.05, 0) is 43.5 Å². The molecule has 6 nitrogen and oxygen atoms in total. The highest BCUT2D eigenvalue weighted by molar-refractivity contribution is 5.89. The molecule has 1 aliphatic heterocycles. The van der Waals surface area contributed by atoms with Crippen LogP contribution in [0.1, 0.15) is 49.4 Å². The van der Waals surface area contributed by atoms with Crippen molar-refractivity contribution in [3.05, 3.63) is 41.5 Å². The maximum Gasteiger partial charge on any atom is 0.227 e. The summed E-state index contributed by atoms with van der Waals surface area (Å²) in [6.07, 6.45) is 2.19. The molecular weight excluding hydrogens is 321 g/mol. The van der Waals surface area contributed by atoms with Gasteiger partial charge >= 0.3 is 0 Å². The Bertz CT molecular complexity index is 739. The molecule has 1 aromatic heterocycles. The van der Waals surface area contributed by atoms with Crippen LogP contribution < -0.4 is 10.6 Å². The van der Waals surface area contributed by atoms with Gasteiger partial charge in [0.1, 0.15) is 5.82 Å². The lowest BCUT2D eigenvalue weighted by atomic mass is 9.97. The number of anilines is 1. The number of benzene rings is 1. The first-order valence-corrected chi connectivity index (χ1v) is 8.70. The van der Waals surface area contributed by atoms with Crippen LogP contribution in [0.25, 0.3) is 0 Å². The Morgan fingerprint density at radius 3 is 2.84 bits per heavy atom. The number of aromatic nitrogens is 3.